The summed E-state index contributed by atoms with van der Waals surface area (Å²) >= 11 is 1.52. The number of para-hydroxylation sites is 1. The number of hydrogen-bond donors (Lipinski definition) is 3. The number of carboxylic acid groups (broad SMARTS) is 1. The number of nitrogens with zero attached hydrogens (tertiary/aromatic N) is 9. The van der Waals surface area contributed by atoms with Crippen molar-refractivity contribution in [3.05, 3.63) is 113 Å². The molecule has 11 rings (SSSR count). The number of aromatic nitrogens is 6. The molecule has 1 aliphatic carbocycles. The molecule has 5 aromatic heterocycles. The number of thiazole rings is 1. The quantitative estimate of drug-likeness (QED) is 0.0600. The van der Waals surface area contributed by atoms with Gasteiger partial charge in [-0.2, -0.15) is 0 Å². The Bertz CT molecular complexity index is 3220. The maximum atomic E-state index is 13.6. The molecule has 73 heavy (non-hydrogen) atoms. The van der Waals surface area contributed by atoms with Crippen LogP contribution < -0.4 is 46.4 Å². The van der Waals surface area contributed by atoms with Crippen LogP contribution in [-0.4, -0.2) is 117 Å². The third-order valence-corrected chi connectivity index (χ3v) is 19.4. The molecule has 378 valence electrons. The molecular formula is C54H57IN11O6S-. The molecule has 19 heteroatoms. The van der Waals surface area contributed by atoms with Crippen molar-refractivity contribution in [2.24, 2.45) is 7.05 Å². The molecule has 2 aromatic carbocycles. The first-order chi connectivity index (χ1) is 35.5. The van der Waals surface area contributed by atoms with Crippen molar-refractivity contribution < 1.29 is 50.2 Å². The molecule has 0 bridgehead atoms. The van der Waals surface area contributed by atoms with E-state index in [0.717, 1.165) is 105 Å². The second-order valence-electron chi connectivity index (χ2n) is 19.3. The van der Waals surface area contributed by atoms with Crippen LogP contribution in [0.2, 0.25) is 0 Å². The number of carbonyl (C=O) groups is 4. The van der Waals surface area contributed by atoms with Crippen molar-refractivity contribution in [3.8, 4) is 16.9 Å². The van der Waals surface area contributed by atoms with E-state index < -0.39 is 11.9 Å². The molecule has 17 nitrogen and oxygen atoms in total. The number of aromatic carboxylic acids is 1. The Morgan fingerprint density at radius 3 is 2.45 bits per heavy atom. The summed E-state index contributed by atoms with van der Waals surface area (Å²) in [6.07, 6.45) is 9.00. The summed E-state index contributed by atoms with van der Waals surface area (Å²) in [5, 5.41) is 21.9. The zero-order chi connectivity index (χ0) is 50.2. The number of anilines is 3. The molecule has 1 atom stereocenters. The number of imide groups is 1. The summed E-state index contributed by atoms with van der Waals surface area (Å²) in [7, 11) is 1.86. The minimum Gasteiger partial charge on any atom is -0.476 e. The normalized spacial score (nSPS) is 19.6. The Labute approximate surface area is 437 Å². The summed E-state index contributed by atoms with van der Waals surface area (Å²) in [5.41, 5.74) is 6.63. The van der Waals surface area contributed by atoms with Crippen molar-refractivity contribution in [3.63, 3.8) is 0 Å². The van der Waals surface area contributed by atoms with Gasteiger partial charge in [0.05, 0.1) is 16.1 Å². The first-order valence-corrected chi connectivity index (χ1v) is 28.7. The predicted molar refractivity (Wildman–Crippen MR) is 276 cm³/mol. The number of fused-ring (bicyclic) bond motifs is 3. The van der Waals surface area contributed by atoms with Gasteiger partial charge in [0, 0.05) is 31.3 Å². The van der Waals surface area contributed by atoms with Gasteiger partial charge in [0.15, 0.2) is 5.13 Å². The van der Waals surface area contributed by atoms with Crippen molar-refractivity contribution in [2.75, 3.05) is 58.8 Å². The molecule has 0 radical (unpaired) electrons. The molecule has 4 aliphatic rings. The number of amides is 3. The monoisotopic (exact) mass is 1110 g/mol. The number of ether oxygens (including phenoxy) is 1. The first-order valence-electron chi connectivity index (χ1n) is 25.1. The number of rotatable bonds is 14. The molecule has 3 amide bonds. The fraction of sp³-hybridized carbons (Fsp3) is 0.389. The van der Waals surface area contributed by atoms with Gasteiger partial charge in [0.1, 0.15) is 11.5 Å². The predicted octanol–water partition coefficient (Wildman–Crippen LogP) is 4.37. The van der Waals surface area contributed by atoms with Crippen LogP contribution in [0.5, 0.6) is 5.75 Å². The third-order valence-electron chi connectivity index (χ3n) is 14.6. The van der Waals surface area contributed by atoms with Crippen molar-refractivity contribution in [2.45, 2.75) is 80.8 Å². The minimum atomic E-state index is -1.11. The molecule has 3 N–H and O–H groups in total. The third kappa shape index (κ3) is 10.5. The first kappa shape index (κ1) is 48.7. The number of carbonyl (C=O) groups excluding carboxylic acids is 3. The number of alkyl halides is 2. The number of hydrogen-bond acceptors (Lipinski definition) is 14. The van der Waals surface area contributed by atoms with Crippen LogP contribution in [0.25, 0.3) is 32.4 Å². The fourth-order valence-electron chi connectivity index (χ4n) is 10.7. The Morgan fingerprint density at radius 1 is 0.863 bits per heavy atom. The summed E-state index contributed by atoms with van der Waals surface area (Å²) in [5.74, 6) is -0.137. The van der Waals surface area contributed by atoms with Crippen LogP contribution in [0.3, 0.4) is 0 Å². The van der Waals surface area contributed by atoms with Crippen LogP contribution in [0, 0.1) is 6.92 Å². The van der Waals surface area contributed by atoms with E-state index in [1.165, 1.54) is 35.0 Å². The van der Waals surface area contributed by atoms with Gasteiger partial charge < -0.3 is 10.0 Å². The van der Waals surface area contributed by atoms with Crippen LogP contribution in [0.4, 0.5) is 16.8 Å². The molecule has 0 spiro atoms. The van der Waals surface area contributed by atoms with Crippen molar-refractivity contribution >= 4 is 73.0 Å². The number of piperazine rings is 1. The molecule has 3 fully saturated rings. The number of piperidine rings is 1. The average molecular weight is 1120 g/mol. The Kier molecular flexibility index (Phi) is 14.1. The van der Waals surface area contributed by atoms with Gasteiger partial charge in [-0.15, -0.1) is 0 Å². The molecule has 1 saturated carbocycles. The molecule has 2 saturated heterocycles. The van der Waals surface area contributed by atoms with E-state index in [0.29, 0.717) is 60.3 Å². The van der Waals surface area contributed by atoms with E-state index >= 15 is 0 Å². The van der Waals surface area contributed by atoms with Gasteiger partial charge in [-0.3, -0.25) is 30.0 Å². The Hall–Kier alpha value is -6.58. The molecular weight excluding hydrogens is 1060 g/mol. The Balaban J connectivity index is 0.634. The SMILES string of the molecule is Cc1cc(OC2CCC([I-]CCCN3CCN(c4ccc5c(C6CCC(=O)NC6=O)nn(C)c5n4)CC3)CC2)ccc1-c1ccc(N2CCc3ccnc(C(=O)Nc4nc5ccccc5s4)c3C2)nc1C(=O)O. The number of benzene rings is 2. The smallest absolute Gasteiger partial charge is 0.476 e. The zero-order valence-corrected chi connectivity index (χ0v) is 43.8. The average Bonchev–Trinajstić information content (AvgIpc) is 3.97. The summed E-state index contributed by atoms with van der Waals surface area (Å²) < 4.78 is 11.4. The number of pyridine rings is 3. The van der Waals surface area contributed by atoms with E-state index in [1.807, 2.05) is 91.7 Å². The second kappa shape index (κ2) is 21.1. The van der Waals surface area contributed by atoms with E-state index in [4.69, 9.17) is 14.7 Å². The fourth-order valence-corrected chi connectivity index (χ4v) is 14.8. The number of halogens is 1. The van der Waals surface area contributed by atoms with Crippen LogP contribution in [0.15, 0.2) is 79.0 Å². The second-order valence-corrected chi connectivity index (χ2v) is 24.1. The van der Waals surface area contributed by atoms with Crippen LogP contribution in [0.1, 0.15) is 94.2 Å². The Morgan fingerprint density at radius 2 is 1.66 bits per heavy atom. The number of aryl methyl sites for hydroxylation is 2. The molecule has 1 unspecified atom stereocenters. The summed E-state index contributed by atoms with van der Waals surface area (Å²) in [6.45, 7) is 7.92. The van der Waals surface area contributed by atoms with Gasteiger partial charge in [-0.25, -0.2) is 9.78 Å². The van der Waals surface area contributed by atoms with E-state index in [-0.39, 0.29) is 50.7 Å². The van der Waals surface area contributed by atoms with E-state index in [9.17, 15) is 24.3 Å². The van der Waals surface area contributed by atoms with Crippen LogP contribution in [-0.2, 0) is 29.6 Å². The summed E-state index contributed by atoms with van der Waals surface area (Å²) in [6, 6.07) is 23.4. The van der Waals surface area contributed by atoms with E-state index in [2.05, 4.69) is 35.5 Å². The molecule has 7 aromatic rings. The van der Waals surface area contributed by atoms with Crippen molar-refractivity contribution in [1.82, 2.24) is 39.9 Å². The van der Waals surface area contributed by atoms with Gasteiger partial charge >= 0.3 is 248 Å². The topological polar surface area (TPSA) is 201 Å². The zero-order valence-electron chi connectivity index (χ0n) is 40.9. The minimum absolute atomic E-state index is 0.0254. The maximum absolute atomic E-state index is 13.6. The van der Waals surface area contributed by atoms with Gasteiger partial charge in [0.25, 0.3) is 5.91 Å². The van der Waals surface area contributed by atoms with Crippen molar-refractivity contribution in [1.29, 1.82) is 0 Å². The van der Waals surface area contributed by atoms with Crippen LogP contribution >= 0.6 is 11.3 Å². The number of nitrogens with one attached hydrogen (secondary N) is 2. The van der Waals surface area contributed by atoms with Gasteiger partial charge in [-0.1, -0.05) is 23.5 Å². The molecule has 3 aliphatic heterocycles. The van der Waals surface area contributed by atoms with Gasteiger partial charge in [-0.05, 0) is 36.6 Å². The van der Waals surface area contributed by atoms with E-state index in [1.54, 1.807) is 10.9 Å². The van der Waals surface area contributed by atoms with Gasteiger partial charge in [0.2, 0.25) is 11.8 Å². The molecule has 8 heterocycles. The number of carboxylic acids is 1. The summed E-state index contributed by atoms with van der Waals surface area (Å²) in [4.78, 5) is 76.3. The standard InChI is InChI=1S/C54H57IN11O6S/c1-32-30-36(12-13-37(32)38-14-17-44(58-49(38)53(70)71)66-25-21-33-20-23-56-48(41(33)31-66)52(69)61-54-57-42-6-3-4-7-43(42)73-54)72-35-10-8-34(9-11-35)55-22-5-24-64-26-28-65(29-27-64)45-18-15-39-47(62-63(2)50(39)59-45)40-16-19-46(67)60-51(40)68/h3-4,6-7,12-15,17-18,20,23,30,34-35,40H,5,8-11,16,19,21-22,24-29,31H2,1-2H3,(H,70,71)(H,57,61,69)(H,60,67,68)/q-1.